The second-order valence-corrected chi connectivity index (χ2v) is 6.89. The van der Waals surface area contributed by atoms with Crippen molar-refractivity contribution in [3.8, 4) is 22.5 Å². The molecule has 1 N–H and O–H groups in total. The minimum atomic E-state index is -0.377. The molecule has 2 aromatic carbocycles. The van der Waals surface area contributed by atoms with Crippen LogP contribution in [0.1, 0.15) is 11.3 Å². The van der Waals surface area contributed by atoms with Crippen LogP contribution in [-0.4, -0.2) is 33.5 Å². The van der Waals surface area contributed by atoms with Crippen LogP contribution in [0, 0.1) is 18.6 Å². The quantitative estimate of drug-likeness (QED) is 0.576. The molecule has 0 atom stereocenters. The van der Waals surface area contributed by atoms with Crippen LogP contribution in [0.25, 0.3) is 28.2 Å². The molecule has 5 rings (SSSR count). The summed E-state index contributed by atoms with van der Waals surface area (Å²) in [6.45, 7) is 3.30. The molecule has 0 unspecified atom stereocenters. The van der Waals surface area contributed by atoms with Crippen molar-refractivity contribution in [2.45, 2.75) is 6.92 Å². The number of nitrogens with zero attached hydrogens (tertiary/aromatic N) is 4. The van der Waals surface area contributed by atoms with E-state index in [2.05, 4.69) is 20.4 Å². The second-order valence-electron chi connectivity index (χ2n) is 6.89. The average molecular weight is 389 g/mol. The molecule has 144 valence electrons. The highest BCUT2D eigenvalue weighted by Gasteiger charge is 2.23. The number of amidine groups is 1. The molecule has 0 spiro atoms. The molecule has 0 bridgehead atoms. The van der Waals surface area contributed by atoms with Gasteiger partial charge in [-0.05, 0) is 48.4 Å². The van der Waals surface area contributed by atoms with Crippen LogP contribution in [0.5, 0.6) is 0 Å². The lowest BCUT2D eigenvalue weighted by Crippen LogP contribution is -2.21. The van der Waals surface area contributed by atoms with Crippen LogP contribution < -0.4 is 5.32 Å². The van der Waals surface area contributed by atoms with Crippen LogP contribution in [0.15, 0.2) is 59.6 Å². The van der Waals surface area contributed by atoms with Gasteiger partial charge in [-0.2, -0.15) is 0 Å². The fraction of sp³-hybridized carbons (Fsp3) is 0.136. The molecule has 5 nitrogen and oxygen atoms in total. The molecular weight excluding hydrogens is 372 g/mol. The van der Waals surface area contributed by atoms with Gasteiger partial charge in [-0.3, -0.25) is 4.99 Å². The van der Waals surface area contributed by atoms with Gasteiger partial charge in [0.1, 0.15) is 17.5 Å². The fourth-order valence-corrected chi connectivity index (χ4v) is 3.60. The number of rotatable bonds is 3. The Morgan fingerprint density at radius 2 is 1.79 bits per heavy atom. The van der Waals surface area contributed by atoms with E-state index in [-0.39, 0.29) is 11.6 Å². The number of fused-ring (bicyclic) bond motifs is 1. The highest BCUT2D eigenvalue weighted by molar-refractivity contribution is 6.10. The van der Waals surface area contributed by atoms with Crippen molar-refractivity contribution >= 4 is 11.5 Å². The zero-order chi connectivity index (χ0) is 20.0. The average Bonchev–Trinajstić information content (AvgIpc) is 3.39. The number of pyridine rings is 1. The summed E-state index contributed by atoms with van der Waals surface area (Å²) in [6.07, 6.45) is 0. The number of halogens is 2. The highest BCUT2D eigenvalue weighted by atomic mass is 19.1. The molecular formula is C22H17F2N5. The van der Waals surface area contributed by atoms with E-state index in [1.165, 1.54) is 18.2 Å². The first-order valence-electron chi connectivity index (χ1n) is 9.32. The number of aliphatic imine (C=N–C) groups is 1. The third-order valence-corrected chi connectivity index (χ3v) is 4.97. The maximum Gasteiger partial charge on any atom is 0.185 e. The number of hydrogen-bond donors (Lipinski definition) is 1. The van der Waals surface area contributed by atoms with Crippen LogP contribution in [0.2, 0.25) is 0 Å². The van der Waals surface area contributed by atoms with Crippen molar-refractivity contribution in [1.82, 2.24) is 19.9 Å². The van der Waals surface area contributed by atoms with Gasteiger partial charge in [-0.1, -0.05) is 24.3 Å². The Morgan fingerprint density at radius 1 is 1.00 bits per heavy atom. The molecule has 0 aliphatic carbocycles. The van der Waals surface area contributed by atoms with Crippen LogP contribution in [0.3, 0.4) is 0 Å². The van der Waals surface area contributed by atoms with Gasteiger partial charge in [0.2, 0.25) is 0 Å². The SMILES string of the molecule is Cc1cc(-c2ccc(F)cc2)c(C2=NCCN2)c2nc(-c3ccccc3F)nn12. The number of nitrogens with one attached hydrogen (secondary N) is 1. The summed E-state index contributed by atoms with van der Waals surface area (Å²) in [5, 5.41) is 7.83. The van der Waals surface area contributed by atoms with Crippen molar-refractivity contribution in [3.63, 3.8) is 0 Å². The molecule has 7 heteroatoms. The topological polar surface area (TPSA) is 54.6 Å². The predicted molar refractivity (Wildman–Crippen MR) is 108 cm³/mol. The minimum Gasteiger partial charge on any atom is -0.368 e. The standard InChI is InChI=1S/C22H17F2N5/c1-13-12-17(14-6-8-15(23)9-7-14)19(21-25-10-11-26-21)22-27-20(28-29(13)22)16-4-2-3-5-18(16)24/h2-9,12H,10-11H2,1H3,(H,25,26). The van der Waals surface area contributed by atoms with Gasteiger partial charge < -0.3 is 5.32 Å². The third-order valence-electron chi connectivity index (χ3n) is 4.97. The largest absolute Gasteiger partial charge is 0.368 e. The zero-order valence-corrected chi connectivity index (χ0v) is 15.7. The lowest BCUT2D eigenvalue weighted by Gasteiger charge is -2.13. The summed E-state index contributed by atoms with van der Waals surface area (Å²) >= 11 is 0. The van der Waals surface area contributed by atoms with Gasteiger partial charge >= 0.3 is 0 Å². The maximum absolute atomic E-state index is 14.3. The Hall–Kier alpha value is -3.61. The number of aromatic nitrogens is 3. The molecule has 0 fully saturated rings. The van der Waals surface area contributed by atoms with Crippen molar-refractivity contribution in [3.05, 3.63) is 77.5 Å². The summed E-state index contributed by atoms with van der Waals surface area (Å²) in [6, 6.07) is 14.7. The first-order chi connectivity index (χ1) is 14.1. The monoisotopic (exact) mass is 389 g/mol. The van der Waals surface area contributed by atoms with Gasteiger partial charge in [0.05, 0.1) is 17.7 Å². The number of benzene rings is 2. The lowest BCUT2D eigenvalue weighted by molar-refractivity contribution is 0.628. The Bertz CT molecular complexity index is 1260. The molecule has 1 aliphatic rings. The highest BCUT2D eigenvalue weighted by Crippen LogP contribution is 2.31. The normalized spacial score (nSPS) is 13.6. The van der Waals surface area contributed by atoms with Crippen molar-refractivity contribution < 1.29 is 8.78 Å². The van der Waals surface area contributed by atoms with E-state index in [0.29, 0.717) is 29.4 Å². The Morgan fingerprint density at radius 3 is 2.52 bits per heavy atom. The second kappa shape index (κ2) is 6.77. The van der Waals surface area contributed by atoms with Gasteiger partial charge in [0.25, 0.3) is 0 Å². The van der Waals surface area contributed by atoms with Crippen LogP contribution in [0.4, 0.5) is 8.78 Å². The van der Waals surface area contributed by atoms with Gasteiger partial charge in [0.15, 0.2) is 11.5 Å². The molecule has 0 saturated carbocycles. The number of hydrogen-bond acceptors (Lipinski definition) is 4. The van der Waals surface area contributed by atoms with E-state index in [1.807, 2.05) is 13.0 Å². The summed E-state index contributed by atoms with van der Waals surface area (Å²) in [5.41, 5.74) is 4.24. The summed E-state index contributed by atoms with van der Waals surface area (Å²) < 4.78 is 29.5. The fourth-order valence-electron chi connectivity index (χ4n) is 3.60. The molecule has 29 heavy (non-hydrogen) atoms. The van der Waals surface area contributed by atoms with Crippen LogP contribution in [-0.2, 0) is 0 Å². The van der Waals surface area contributed by atoms with E-state index in [1.54, 1.807) is 34.8 Å². The molecule has 0 saturated heterocycles. The summed E-state index contributed by atoms with van der Waals surface area (Å²) in [7, 11) is 0. The molecule has 1 aliphatic heterocycles. The summed E-state index contributed by atoms with van der Waals surface area (Å²) in [5.74, 6) is 0.343. The van der Waals surface area contributed by atoms with Gasteiger partial charge in [0, 0.05) is 12.2 Å². The van der Waals surface area contributed by atoms with Gasteiger partial charge in [-0.15, -0.1) is 5.10 Å². The van der Waals surface area contributed by atoms with E-state index < -0.39 is 0 Å². The summed E-state index contributed by atoms with van der Waals surface area (Å²) in [4.78, 5) is 9.24. The predicted octanol–water partition coefficient (Wildman–Crippen LogP) is 4.00. The Balaban J connectivity index is 1.81. The Kier molecular flexibility index (Phi) is 4.08. The van der Waals surface area contributed by atoms with E-state index in [9.17, 15) is 8.78 Å². The minimum absolute atomic E-state index is 0.297. The van der Waals surface area contributed by atoms with E-state index in [0.717, 1.165) is 28.9 Å². The lowest BCUT2D eigenvalue weighted by atomic mass is 9.99. The van der Waals surface area contributed by atoms with Gasteiger partial charge in [-0.25, -0.2) is 18.3 Å². The van der Waals surface area contributed by atoms with E-state index in [4.69, 9.17) is 0 Å². The molecule has 2 aromatic heterocycles. The Labute approximate surface area is 165 Å². The van der Waals surface area contributed by atoms with E-state index >= 15 is 0 Å². The first-order valence-corrected chi connectivity index (χ1v) is 9.32. The van der Waals surface area contributed by atoms with Crippen LogP contribution >= 0.6 is 0 Å². The van der Waals surface area contributed by atoms with Crippen molar-refractivity contribution in [2.24, 2.45) is 4.99 Å². The smallest absolute Gasteiger partial charge is 0.185 e. The maximum atomic E-state index is 14.3. The van der Waals surface area contributed by atoms with Crippen molar-refractivity contribution in [1.29, 1.82) is 0 Å². The first kappa shape index (κ1) is 17.5. The van der Waals surface area contributed by atoms with Crippen molar-refractivity contribution in [2.75, 3.05) is 13.1 Å². The molecule has 0 amide bonds. The third kappa shape index (κ3) is 2.95. The molecule has 3 heterocycles. The number of aryl methyl sites for hydroxylation is 1. The zero-order valence-electron chi connectivity index (χ0n) is 15.7. The molecule has 4 aromatic rings. The molecule has 0 radical (unpaired) electrons.